The van der Waals surface area contributed by atoms with Crippen molar-refractivity contribution in [1.29, 1.82) is 0 Å². The number of urea groups is 1. The number of amides is 3. The quantitative estimate of drug-likeness (QED) is 0.576. The fraction of sp³-hybridized carbons (Fsp3) is 0.370. The standard InChI is InChI=1S/C27H30ClFN4O4/c1-4-37-26(35)23-22(31(3)27(36)30-24(23)20-7-5-6-8-21(20)29)16-32-13-14-33(17(2)15-32)25(34)18-9-11-19(28)12-10-18/h5-12,17,24H,4,13-16H2,1-3H3,(H,30,36)/t17-,24+/m0/s1. The van der Waals surface area contributed by atoms with Gasteiger partial charge in [-0.3, -0.25) is 14.6 Å². The van der Waals surface area contributed by atoms with Crippen molar-refractivity contribution in [1.82, 2.24) is 20.0 Å². The average Bonchev–Trinajstić information content (AvgIpc) is 2.87. The van der Waals surface area contributed by atoms with Gasteiger partial charge in [0.25, 0.3) is 5.91 Å². The molecule has 2 aromatic rings. The monoisotopic (exact) mass is 528 g/mol. The van der Waals surface area contributed by atoms with Gasteiger partial charge in [0, 0.05) is 61.1 Å². The summed E-state index contributed by atoms with van der Waals surface area (Å²) in [5.74, 6) is -1.22. The van der Waals surface area contributed by atoms with Crippen LogP contribution in [0.3, 0.4) is 0 Å². The van der Waals surface area contributed by atoms with Gasteiger partial charge in [0.05, 0.1) is 18.2 Å². The van der Waals surface area contributed by atoms with Crippen molar-refractivity contribution in [3.63, 3.8) is 0 Å². The molecule has 8 nitrogen and oxygen atoms in total. The van der Waals surface area contributed by atoms with Gasteiger partial charge in [0.15, 0.2) is 0 Å². The van der Waals surface area contributed by atoms with Crippen molar-refractivity contribution >= 4 is 29.5 Å². The fourth-order valence-corrected chi connectivity index (χ4v) is 4.91. The lowest BCUT2D eigenvalue weighted by atomic mass is 9.93. The first-order valence-electron chi connectivity index (χ1n) is 12.2. The first-order valence-corrected chi connectivity index (χ1v) is 12.6. The molecule has 10 heteroatoms. The van der Waals surface area contributed by atoms with Crippen molar-refractivity contribution in [2.45, 2.75) is 25.9 Å². The van der Waals surface area contributed by atoms with Gasteiger partial charge in [0.1, 0.15) is 5.82 Å². The Morgan fingerprint density at radius 1 is 1.14 bits per heavy atom. The fourth-order valence-electron chi connectivity index (χ4n) is 4.79. The van der Waals surface area contributed by atoms with E-state index in [4.69, 9.17) is 16.3 Å². The van der Waals surface area contributed by atoms with Crippen molar-refractivity contribution < 1.29 is 23.5 Å². The average molecular weight is 529 g/mol. The molecule has 3 amide bonds. The molecule has 1 saturated heterocycles. The Morgan fingerprint density at radius 3 is 2.49 bits per heavy atom. The van der Waals surface area contributed by atoms with Crippen molar-refractivity contribution in [2.24, 2.45) is 0 Å². The zero-order valence-corrected chi connectivity index (χ0v) is 21.8. The van der Waals surface area contributed by atoms with E-state index in [0.717, 1.165) is 0 Å². The molecule has 0 unspecified atom stereocenters. The van der Waals surface area contributed by atoms with Crippen LogP contribution >= 0.6 is 11.6 Å². The van der Waals surface area contributed by atoms with Crippen molar-refractivity contribution in [3.05, 3.63) is 81.8 Å². The maximum atomic E-state index is 14.7. The Hall–Kier alpha value is -3.43. The minimum atomic E-state index is -0.982. The largest absolute Gasteiger partial charge is 0.463 e. The summed E-state index contributed by atoms with van der Waals surface area (Å²) in [6.07, 6.45) is 0. The van der Waals surface area contributed by atoms with Gasteiger partial charge in [-0.25, -0.2) is 14.0 Å². The summed E-state index contributed by atoms with van der Waals surface area (Å²) in [7, 11) is 1.57. The highest BCUT2D eigenvalue weighted by atomic mass is 35.5. The van der Waals surface area contributed by atoms with E-state index in [1.165, 1.54) is 11.0 Å². The van der Waals surface area contributed by atoms with Crippen LogP contribution in [0, 0.1) is 5.82 Å². The summed E-state index contributed by atoms with van der Waals surface area (Å²) in [6.45, 7) is 5.58. The number of nitrogens with zero attached hydrogens (tertiary/aromatic N) is 3. The number of likely N-dealkylation sites (N-methyl/N-ethyl adjacent to an activating group) is 1. The zero-order chi connectivity index (χ0) is 26.7. The van der Waals surface area contributed by atoms with E-state index < -0.39 is 23.9 Å². The Kier molecular flexibility index (Phi) is 8.14. The van der Waals surface area contributed by atoms with Crippen LogP contribution in [0.2, 0.25) is 5.02 Å². The highest BCUT2D eigenvalue weighted by molar-refractivity contribution is 6.30. The molecule has 1 N–H and O–H groups in total. The van der Waals surface area contributed by atoms with Gasteiger partial charge in [-0.15, -0.1) is 0 Å². The maximum absolute atomic E-state index is 14.7. The van der Waals surface area contributed by atoms with Gasteiger partial charge in [-0.05, 0) is 44.2 Å². The predicted molar refractivity (Wildman–Crippen MR) is 137 cm³/mol. The van der Waals surface area contributed by atoms with Crippen LogP contribution in [0.15, 0.2) is 59.8 Å². The molecular formula is C27H30ClFN4O4. The minimum Gasteiger partial charge on any atom is -0.463 e. The summed E-state index contributed by atoms with van der Waals surface area (Å²) in [6, 6.07) is 11.3. The number of carbonyl (C=O) groups excluding carboxylic acids is 3. The van der Waals surface area contributed by atoms with Crippen LogP contribution < -0.4 is 5.32 Å². The number of esters is 1. The number of rotatable bonds is 6. The molecular weight excluding hydrogens is 499 g/mol. The molecule has 0 aliphatic carbocycles. The van der Waals surface area contributed by atoms with Crippen molar-refractivity contribution in [2.75, 3.05) is 39.8 Å². The second kappa shape index (κ2) is 11.3. The van der Waals surface area contributed by atoms with Crippen LogP contribution in [0.25, 0.3) is 0 Å². The highest BCUT2D eigenvalue weighted by Gasteiger charge is 2.39. The molecule has 196 valence electrons. The molecule has 2 atom stereocenters. The topological polar surface area (TPSA) is 82.2 Å². The summed E-state index contributed by atoms with van der Waals surface area (Å²) in [5.41, 5.74) is 1.39. The molecule has 4 rings (SSSR count). The Bertz CT molecular complexity index is 1220. The van der Waals surface area contributed by atoms with Crippen LogP contribution in [0.4, 0.5) is 9.18 Å². The number of carbonyl (C=O) groups is 3. The second-order valence-electron chi connectivity index (χ2n) is 9.13. The van der Waals surface area contributed by atoms with Crippen LogP contribution in [-0.2, 0) is 9.53 Å². The number of piperazine rings is 1. The Labute approximate surface area is 220 Å². The predicted octanol–water partition coefficient (Wildman–Crippen LogP) is 3.84. The summed E-state index contributed by atoms with van der Waals surface area (Å²) < 4.78 is 20.1. The minimum absolute atomic E-state index is 0.0796. The third-order valence-electron chi connectivity index (χ3n) is 6.73. The zero-order valence-electron chi connectivity index (χ0n) is 21.0. The molecule has 0 radical (unpaired) electrons. The lowest BCUT2D eigenvalue weighted by Gasteiger charge is -2.42. The normalized spacial score (nSPS) is 20.6. The Morgan fingerprint density at radius 2 is 1.84 bits per heavy atom. The van der Waals surface area contributed by atoms with E-state index >= 15 is 0 Å². The summed E-state index contributed by atoms with van der Waals surface area (Å²) in [5, 5.41) is 3.30. The third kappa shape index (κ3) is 5.62. The molecule has 1 fully saturated rings. The van der Waals surface area contributed by atoms with E-state index in [-0.39, 0.29) is 36.2 Å². The lowest BCUT2D eigenvalue weighted by molar-refractivity contribution is -0.139. The molecule has 2 aliphatic rings. The van der Waals surface area contributed by atoms with Crippen LogP contribution in [0.5, 0.6) is 0 Å². The maximum Gasteiger partial charge on any atom is 0.338 e. The number of ether oxygens (including phenoxy) is 1. The number of halogens is 2. The Balaban J connectivity index is 1.60. The first kappa shape index (κ1) is 26.6. The SMILES string of the molecule is CCOC(=O)C1=C(CN2CCN(C(=O)c3ccc(Cl)cc3)[C@@H](C)C2)N(C)C(=O)N[C@@H]1c1ccccc1F. The van der Waals surface area contributed by atoms with Gasteiger partial charge in [0.2, 0.25) is 0 Å². The second-order valence-corrected chi connectivity index (χ2v) is 9.57. The van der Waals surface area contributed by atoms with E-state index in [9.17, 15) is 18.8 Å². The molecule has 0 aromatic heterocycles. The summed E-state index contributed by atoms with van der Waals surface area (Å²) >= 11 is 5.95. The molecule has 0 saturated carbocycles. The third-order valence-corrected chi connectivity index (χ3v) is 6.98. The molecule has 37 heavy (non-hydrogen) atoms. The number of hydrogen-bond donors (Lipinski definition) is 1. The highest BCUT2D eigenvalue weighted by Crippen LogP contribution is 2.33. The lowest BCUT2D eigenvalue weighted by Crippen LogP contribution is -2.56. The van der Waals surface area contributed by atoms with Crippen LogP contribution in [-0.4, -0.2) is 78.5 Å². The van der Waals surface area contributed by atoms with Crippen molar-refractivity contribution in [3.8, 4) is 0 Å². The van der Waals surface area contributed by atoms with E-state index in [1.54, 1.807) is 61.3 Å². The molecule has 2 aromatic carbocycles. The van der Waals surface area contributed by atoms with Gasteiger partial charge < -0.3 is 15.0 Å². The smallest absolute Gasteiger partial charge is 0.338 e. The molecule has 0 spiro atoms. The van der Waals surface area contributed by atoms with E-state index in [0.29, 0.717) is 35.9 Å². The van der Waals surface area contributed by atoms with Crippen LogP contribution in [0.1, 0.15) is 35.8 Å². The summed E-state index contributed by atoms with van der Waals surface area (Å²) in [4.78, 5) is 44.3. The van der Waals surface area contributed by atoms with Gasteiger partial charge >= 0.3 is 12.0 Å². The van der Waals surface area contributed by atoms with Gasteiger partial charge in [-0.2, -0.15) is 0 Å². The molecule has 2 aliphatic heterocycles. The van der Waals surface area contributed by atoms with E-state index in [1.807, 2.05) is 6.92 Å². The number of nitrogens with one attached hydrogen (secondary N) is 1. The number of hydrogen-bond acceptors (Lipinski definition) is 5. The van der Waals surface area contributed by atoms with Gasteiger partial charge in [-0.1, -0.05) is 29.8 Å². The first-order chi connectivity index (χ1) is 17.7. The molecule has 0 bridgehead atoms. The molecule has 2 heterocycles. The number of benzene rings is 2. The van der Waals surface area contributed by atoms with E-state index in [2.05, 4.69) is 10.2 Å².